The van der Waals surface area contributed by atoms with Crippen LogP contribution in [0, 0.1) is 10.1 Å². The van der Waals surface area contributed by atoms with E-state index in [-0.39, 0.29) is 28.0 Å². The molecule has 0 heterocycles. The SMILES string of the molecule is CCC(O)(CC)CNc1cc(Cl)c(Cl)cc1[N+](=O)[O-]. The predicted octanol–water partition coefficient (Wildman–Crippen LogP) is 3.86. The summed E-state index contributed by atoms with van der Waals surface area (Å²) in [5.74, 6) is 0. The maximum Gasteiger partial charge on any atom is 0.293 e. The molecule has 0 bridgehead atoms. The van der Waals surface area contributed by atoms with E-state index in [0.717, 1.165) is 0 Å². The molecule has 0 atom stereocenters. The van der Waals surface area contributed by atoms with Gasteiger partial charge in [-0.1, -0.05) is 37.0 Å². The van der Waals surface area contributed by atoms with Crippen LogP contribution < -0.4 is 5.32 Å². The molecule has 1 rings (SSSR count). The maximum absolute atomic E-state index is 11.0. The molecular weight excluding hydrogens is 291 g/mol. The molecule has 5 nitrogen and oxygen atoms in total. The van der Waals surface area contributed by atoms with Crippen LogP contribution in [0.2, 0.25) is 10.0 Å². The molecule has 19 heavy (non-hydrogen) atoms. The molecule has 0 aliphatic carbocycles. The van der Waals surface area contributed by atoms with E-state index in [2.05, 4.69) is 5.32 Å². The first-order valence-electron chi connectivity index (χ1n) is 5.92. The molecular formula is C12H16Cl2N2O3. The molecule has 2 N–H and O–H groups in total. The fourth-order valence-electron chi connectivity index (χ4n) is 1.59. The van der Waals surface area contributed by atoms with Crippen molar-refractivity contribution >= 4 is 34.6 Å². The Morgan fingerprint density at radius 1 is 1.32 bits per heavy atom. The Labute approximate surface area is 121 Å². The molecule has 1 aromatic rings. The Kier molecular flexibility index (Phi) is 5.40. The highest BCUT2D eigenvalue weighted by atomic mass is 35.5. The van der Waals surface area contributed by atoms with E-state index in [0.29, 0.717) is 12.8 Å². The lowest BCUT2D eigenvalue weighted by molar-refractivity contribution is -0.383. The highest BCUT2D eigenvalue weighted by Crippen LogP contribution is 2.34. The van der Waals surface area contributed by atoms with E-state index < -0.39 is 10.5 Å². The molecule has 0 radical (unpaired) electrons. The number of hydrogen-bond donors (Lipinski definition) is 2. The van der Waals surface area contributed by atoms with Gasteiger partial charge in [-0.3, -0.25) is 10.1 Å². The Balaban J connectivity index is 3.00. The van der Waals surface area contributed by atoms with Crippen molar-refractivity contribution in [2.45, 2.75) is 32.3 Å². The molecule has 0 aliphatic rings. The van der Waals surface area contributed by atoms with Crippen LogP contribution in [0.15, 0.2) is 12.1 Å². The zero-order valence-corrected chi connectivity index (χ0v) is 12.3. The van der Waals surface area contributed by atoms with Crippen LogP contribution in [0.1, 0.15) is 26.7 Å². The van der Waals surface area contributed by atoms with Gasteiger partial charge in [-0.25, -0.2) is 0 Å². The number of nitrogens with one attached hydrogen (secondary N) is 1. The Morgan fingerprint density at radius 2 is 1.84 bits per heavy atom. The Hall–Kier alpha value is -1.04. The van der Waals surface area contributed by atoms with Gasteiger partial charge >= 0.3 is 0 Å². The van der Waals surface area contributed by atoms with Crippen molar-refractivity contribution in [3.8, 4) is 0 Å². The molecule has 0 amide bonds. The summed E-state index contributed by atoms with van der Waals surface area (Å²) in [6.07, 6.45) is 1.09. The number of nitrogens with zero attached hydrogens (tertiary/aromatic N) is 1. The number of nitro benzene ring substituents is 1. The summed E-state index contributed by atoms with van der Waals surface area (Å²) < 4.78 is 0. The third-order valence-electron chi connectivity index (χ3n) is 3.16. The van der Waals surface area contributed by atoms with Crippen LogP contribution in [0.3, 0.4) is 0 Å². The van der Waals surface area contributed by atoms with Crippen LogP contribution in [0.4, 0.5) is 11.4 Å². The van der Waals surface area contributed by atoms with Gasteiger partial charge < -0.3 is 10.4 Å². The minimum absolute atomic E-state index is 0.125. The summed E-state index contributed by atoms with van der Waals surface area (Å²) in [5.41, 5.74) is -0.816. The van der Waals surface area contributed by atoms with E-state index in [4.69, 9.17) is 23.2 Å². The minimum Gasteiger partial charge on any atom is -0.388 e. The summed E-state index contributed by atoms with van der Waals surface area (Å²) >= 11 is 11.6. The van der Waals surface area contributed by atoms with Crippen LogP contribution in [-0.2, 0) is 0 Å². The average molecular weight is 307 g/mol. The standard InChI is InChI=1S/C12H16Cl2N2O3/c1-3-12(17,4-2)7-15-10-5-8(13)9(14)6-11(10)16(18)19/h5-6,15,17H,3-4,7H2,1-2H3. The van der Waals surface area contributed by atoms with E-state index in [9.17, 15) is 15.2 Å². The van der Waals surface area contributed by atoms with E-state index in [1.54, 1.807) is 0 Å². The summed E-state index contributed by atoms with van der Waals surface area (Å²) in [5, 5.41) is 24.3. The summed E-state index contributed by atoms with van der Waals surface area (Å²) in [7, 11) is 0. The van der Waals surface area contributed by atoms with E-state index >= 15 is 0 Å². The largest absolute Gasteiger partial charge is 0.388 e. The van der Waals surface area contributed by atoms with Crippen molar-refractivity contribution < 1.29 is 10.0 Å². The zero-order valence-electron chi connectivity index (χ0n) is 10.7. The van der Waals surface area contributed by atoms with E-state index in [1.807, 2.05) is 13.8 Å². The molecule has 0 saturated heterocycles. The van der Waals surface area contributed by atoms with Gasteiger partial charge in [0.15, 0.2) is 0 Å². The van der Waals surface area contributed by atoms with Gasteiger partial charge in [-0.15, -0.1) is 0 Å². The fraction of sp³-hybridized carbons (Fsp3) is 0.500. The molecule has 106 valence electrons. The molecule has 0 aromatic heterocycles. The average Bonchev–Trinajstić information content (AvgIpc) is 2.39. The highest BCUT2D eigenvalue weighted by molar-refractivity contribution is 6.42. The monoisotopic (exact) mass is 306 g/mol. The molecule has 7 heteroatoms. The summed E-state index contributed by atoms with van der Waals surface area (Å²) in [6.45, 7) is 3.92. The number of rotatable bonds is 6. The third-order valence-corrected chi connectivity index (χ3v) is 3.88. The topological polar surface area (TPSA) is 75.4 Å². The lowest BCUT2D eigenvalue weighted by Crippen LogP contribution is -2.35. The van der Waals surface area contributed by atoms with Crippen LogP contribution in [0.25, 0.3) is 0 Å². The second-order valence-corrected chi connectivity index (χ2v) is 5.14. The number of hydrogen-bond acceptors (Lipinski definition) is 4. The minimum atomic E-state index is -0.903. The van der Waals surface area contributed by atoms with Gasteiger partial charge in [-0.05, 0) is 18.9 Å². The molecule has 0 spiro atoms. The number of nitro groups is 1. The van der Waals surface area contributed by atoms with Crippen LogP contribution in [-0.4, -0.2) is 22.2 Å². The lowest BCUT2D eigenvalue weighted by atomic mass is 9.97. The van der Waals surface area contributed by atoms with E-state index in [1.165, 1.54) is 12.1 Å². The van der Waals surface area contributed by atoms with Gasteiger partial charge in [0.2, 0.25) is 0 Å². The van der Waals surface area contributed by atoms with Crippen molar-refractivity contribution in [2.75, 3.05) is 11.9 Å². The second kappa shape index (κ2) is 6.41. The lowest BCUT2D eigenvalue weighted by Gasteiger charge is -2.25. The Morgan fingerprint density at radius 3 is 2.32 bits per heavy atom. The molecule has 1 aromatic carbocycles. The number of aliphatic hydroxyl groups is 1. The molecule has 0 saturated carbocycles. The van der Waals surface area contributed by atoms with Crippen LogP contribution >= 0.6 is 23.2 Å². The zero-order chi connectivity index (χ0) is 14.6. The second-order valence-electron chi connectivity index (χ2n) is 4.33. The quantitative estimate of drug-likeness (QED) is 0.618. The summed E-state index contributed by atoms with van der Waals surface area (Å²) in [4.78, 5) is 10.4. The fourth-order valence-corrected chi connectivity index (χ4v) is 1.91. The van der Waals surface area contributed by atoms with Gasteiger partial charge in [0.25, 0.3) is 5.69 Å². The number of halogens is 2. The first-order chi connectivity index (χ1) is 8.83. The maximum atomic E-state index is 11.0. The molecule has 0 unspecified atom stereocenters. The smallest absolute Gasteiger partial charge is 0.293 e. The van der Waals surface area contributed by atoms with Gasteiger partial charge in [0.05, 0.1) is 20.6 Å². The van der Waals surface area contributed by atoms with Crippen molar-refractivity contribution in [3.05, 3.63) is 32.3 Å². The normalized spacial score (nSPS) is 11.4. The van der Waals surface area contributed by atoms with Gasteiger partial charge in [-0.2, -0.15) is 0 Å². The number of anilines is 1. The van der Waals surface area contributed by atoms with Crippen molar-refractivity contribution in [3.63, 3.8) is 0 Å². The third kappa shape index (κ3) is 3.96. The van der Waals surface area contributed by atoms with Crippen molar-refractivity contribution in [2.24, 2.45) is 0 Å². The first-order valence-corrected chi connectivity index (χ1v) is 6.68. The van der Waals surface area contributed by atoms with Gasteiger partial charge in [0.1, 0.15) is 5.69 Å². The highest BCUT2D eigenvalue weighted by Gasteiger charge is 2.24. The van der Waals surface area contributed by atoms with Crippen LogP contribution in [0.5, 0.6) is 0 Å². The van der Waals surface area contributed by atoms with Crippen molar-refractivity contribution in [1.29, 1.82) is 0 Å². The predicted molar refractivity (Wildman–Crippen MR) is 77.1 cm³/mol. The van der Waals surface area contributed by atoms with Gasteiger partial charge in [0, 0.05) is 12.6 Å². The number of benzene rings is 1. The summed E-state index contributed by atoms with van der Waals surface area (Å²) in [6, 6.07) is 2.59. The first kappa shape index (κ1) is 16.0. The van der Waals surface area contributed by atoms with Crippen molar-refractivity contribution in [1.82, 2.24) is 0 Å². The molecule has 0 fully saturated rings. The Bertz CT molecular complexity index is 476. The molecule has 0 aliphatic heterocycles.